The fourth-order valence-electron chi connectivity index (χ4n) is 2.82. The second-order valence-electron chi connectivity index (χ2n) is 6.40. The Kier molecular flexibility index (Phi) is 7.06. The maximum absolute atomic E-state index is 12.0. The number of rotatable bonds is 9. The van der Waals surface area contributed by atoms with Crippen LogP contribution in [0.1, 0.15) is 6.92 Å². The SMILES string of the molecule is CCOc1cccc(OCCN2C[C@@H](CS(=O)(=O)N(C)C)[C@@H](O)C2)c1. The largest absolute Gasteiger partial charge is 0.494 e. The zero-order valence-electron chi connectivity index (χ0n) is 15.1. The summed E-state index contributed by atoms with van der Waals surface area (Å²) in [6, 6.07) is 7.47. The summed E-state index contributed by atoms with van der Waals surface area (Å²) < 4.78 is 36.3. The third kappa shape index (κ3) is 5.85. The lowest BCUT2D eigenvalue weighted by atomic mass is 10.1. The quantitative estimate of drug-likeness (QED) is 0.686. The number of likely N-dealkylation sites (tertiary alicyclic amines) is 1. The highest BCUT2D eigenvalue weighted by Gasteiger charge is 2.35. The van der Waals surface area contributed by atoms with Gasteiger partial charge in [0.25, 0.3) is 0 Å². The maximum atomic E-state index is 12.0. The normalized spacial score (nSPS) is 21.6. The summed E-state index contributed by atoms with van der Waals surface area (Å²) in [5.41, 5.74) is 0. The number of nitrogens with zero attached hydrogens (tertiary/aromatic N) is 2. The molecule has 0 saturated carbocycles. The van der Waals surface area contributed by atoms with Crippen molar-refractivity contribution in [1.82, 2.24) is 9.21 Å². The summed E-state index contributed by atoms with van der Waals surface area (Å²) in [5, 5.41) is 10.1. The van der Waals surface area contributed by atoms with E-state index >= 15 is 0 Å². The van der Waals surface area contributed by atoms with Crippen LogP contribution in [-0.4, -0.2) is 81.5 Å². The van der Waals surface area contributed by atoms with Crippen molar-refractivity contribution >= 4 is 10.0 Å². The van der Waals surface area contributed by atoms with E-state index in [1.165, 1.54) is 18.4 Å². The molecule has 1 aromatic rings. The van der Waals surface area contributed by atoms with Gasteiger partial charge in [0.15, 0.2) is 0 Å². The molecule has 1 saturated heterocycles. The number of aliphatic hydroxyl groups is 1. The van der Waals surface area contributed by atoms with Crippen LogP contribution in [0.15, 0.2) is 24.3 Å². The molecule has 0 amide bonds. The molecule has 7 nitrogen and oxygen atoms in total. The molecular weight excluding hydrogens is 344 g/mol. The van der Waals surface area contributed by atoms with Crippen LogP contribution in [0.5, 0.6) is 11.5 Å². The van der Waals surface area contributed by atoms with Crippen molar-refractivity contribution < 1.29 is 23.0 Å². The van der Waals surface area contributed by atoms with Gasteiger partial charge in [-0.1, -0.05) is 6.07 Å². The average molecular weight is 372 g/mol. The molecule has 1 aromatic carbocycles. The van der Waals surface area contributed by atoms with Crippen molar-refractivity contribution in [3.05, 3.63) is 24.3 Å². The second-order valence-corrected chi connectivity index (χ2v) is 8.63. The molecule has 1 heterocycles. The minimum atomic E-state index is -3.31. The first-order valence-electron chi connectivity index (χ1n) is 8.48. The van der Waals surface area contributed by atoms with Crippen LogP contribution in [-0.2, 0) is 10.0 Å². The number of aliphatic hydroxyl groups excluding tert-OH is 1. The van der Waals surface area contributed by atoms with E-state index in [4.69, 9.17) is 9.47 Å². The van der Waals surface area contributed by atoms with E-state index in [2.05, 4.69) is 0 Å². The minimum absolute atomic E-state index is 0.0328. The number of hydrogen-bond donors (Lipinski definition) is 1. The predicted molar refractivity (Wildman–Crippen MR) is 96.5 cm³/mol. The lowest BCUT2D eigenvalue weighted by Gasteiger charge is -2.18. The number of sulfonamides is 1. The molecule has 1 aliphatic rings. The molecule has 1 N–H and O–H groups in total. The van der Waals surface area contributed by atoms with Gasteiger partial charge in [0.05, 0.1) is 18.5 Å². The Bertz CT molecular complexity index is 650. The van der Waals surface area contributed by atoms with Crippen molar-refractivity contribution in [2.45, 2.75) is 13.0 Å². The minimum Gasteiger partial charge on any atom is -0.494 e. The molecule has 1 aliphatic heterocycles. The van der Waals surface area contributed by atoms with Crippen LogP contribution in [0.4, 0.5) is 0 Å². The monoisotopic (exact) mass is 372 g/mol. The number of β-amino-alcohol motifs (C(OH)–C–C–N with tert-alkyl or cyclic N) is 1. The first-order valence-corrected chi connectivity index (χ1v) is 10.1. The molecule has 0 unspecified atom stereocenters. The van der Waals surface area contributed by atoms with Gasteiger partial charge in [-0.15, -0.1) is 0 Å². The third-order valence-electron chi connectivity index (χ3n) is 4.26. The van der Waals surface area contributed by atoms with Crippen LogP contribution in [0.2, 0.25) is 0 Å². The molecule has 0 spiro atoms. The van der Waals surface area contributed by atoms with Crippen LogP contribution in [0, 0.1) is 5.92 Å². The molecule has 0 radical (unpaired) electrons. The molecule has 2 rings (SSSR count). The topological polar surface area (TPSA) is 79.3 Å². The summed E-state index contributed by atoms with van der Waals surface area (Å²) in [5.74, 6) is 1.20. The van der Waals surface area contributed by atoms with E-state index in [0.29, 0.717) is 32.8 Å². The van der Waals surface area contributed by atoms with E-state index in [-0.39, 0.29) is 11.7 Å². The van der Waals surface area contributed by atoms with E-state index in [1.807, 2.05) is 36.1 Å². The van der Waals surface area contributed by atoms with Crippen LogP contribution >= 0.6 is 0 Å². The maximum Gasteiger partial charge on any atom is 0.214 e. The van der Waals surface area contributed by atoms with Crippen LogP contribution in [0.25, 0.3) is 0 Å². The van der Waals surface area contributed by atoms with Gasteiger partial charge in [0.1, 0.15) is 18.1 Å². The molecule has 2 atom stereocenters. The summed E-state index contributed by atoms with van der Waals surface area (Å²) in [7, 11) is -0.285. The third-order valence-corrected chi connectivity index (χ3v) is 6.22. The Hall–Kier alpha value is -1.35. The highest BCUT2D eigenvalue weighted by atomic mass is 32.2. The number of hydrogen-bond acceptors (Lipinski definition) is 6. The standard InChI is InChI=1S/C17H28N2O5S/c1-4-23-15-6-5-7-16(10-15)24-9-8-19-11-14(17(20)12-19)13-25(21,22)18(2)3/h5-7,10,14,17,20H,4,8-9,11-13H2,1-3H3/t14-,17-/m0/s1. The molecule has 25 heavy (non-hydrogen) atoms. The molecule has 1 fully saturated rings. The predicted octanol–water partition coefficient (Wildman–Crippen LogP) is 0.648. The Balaban J connectivity index is 1.80. The van der Waals surface area contributed by atoms with Gasteiger partial charge in [-0.2, -0.15) is 0 Å². The lowest BCUT2D eigenvalue weighted by Crippen LogP contribution is -2.33. The number of benzene rings is 1. The summed E-state index contributed by atoms with van der Waals surface area (Å²) in [6.45, 7) is 4.65. The van der Waals surface area contributed by atoms with Gasteiger partial charge in [-0.3, -0.25) is 4.90 Å². The smallest absolute Gasteiger partial charge is 0.214 e. The van der Waals surface area contributed by atoms with E-state index in [1.54, 1.807) is 0 Å². The Morgan fingerprint density at radius 3 is 2.56 bits per heavy atom. The van der Waals surface area contributed by atoms with Gasteiger partial charge in [-0.05, 0) is 19.1 Å². The van der Waals surface area contributed by atoms with Crippen molar-refractivity contribution in [1.29, 1.82) is 0 Å². The zero-order chi connectivity index (χ0) is 18.4. The zero-order valence-corrected chi connectivity index (χ0v) is 15.9. The molecular formula is C17H28N2O5S. The van der Waals surface area contributed by atoms with E-state index < -0.39 is 16.1 Å². The lowest BCUT2D eigenvalue weighted by molar-refractivity contribution is 0.145. The van der Waals surface area contributed by atoms with Crippen molar-refractivity contribution in [2.75, 3.05) is 52.7 Å². The number of ether oxygens (including phenoxy) is 2. The Labute approximate surface area is 150 Å². The van der Waals surface area contributed by atoms with Crippen molar-refractivity contribution in [3.8, 4) is 11.5 Å². The molecule has 142 valence electrons. The Morgan fingerprint density at radius 1 is 1.24 bits per heavy atom. The highest BCUT2D eigenvalue weighted by Crippen LogP contribution is 2.21. The molecule has 8 heteroatoms. The molecule has 0 aliphatic carbocycles. The van der Waals surface area contributed by atoms with Gasteiger partial charge in [-0.25, -0.2) is 12.7 Å². The summed E-state index contributed by atoms with van der Waals surface area (Å²) in [4.78, 5) is 2.03. The van der Waals surface area contributed by atoms with Crippen molar-refractivity contribution in [3.63, 3.8) is 0 Å². The second kappa shape index (κ2) is 8.84. The summed E-state index contributed by atoms with van der Waals surface area (Å²) in [6.07, 6.45) is -0.629. The van der Waals surface area contributed by atoms with Gasteiger partial charge in [0, 0.05) is 45.7 Å². The summed E-state index contributed by atoms with van der Waals surface area (Å²) >= 11 is 0. The van der Waals surface area contributed by atoms with Gasteiger partial charge in [0.2, 0.25) is 10.0 Å². The Morgan fingerprint density at radius 2 is 1.92 bits per heavy atom. The van der Waals surface area contributed by atoms with Crippen LogP contribution < -0.4 is 9.47 Å². The highest BCUT2D eigenvalue weighted by molar-refractivity contribution is 7.89. The first kappa shape index (κ1) is 20.0. The first-order chi connectivity index (χ1) is 11.8. The fraction of sp³-hybridized carbons (Fsp3) is 0.647. The van der Waals surface area contributed by atoms with Crippen molar-refractivity contribution in [2.24, 2.45) is 5.92 Å². The van der Waals surface area contributed by atoms with Gasteiger partial charge < -0.3 is 14.6 Å². The molecule has 0 aromatic heterocycles. The van der Waals surface area contributed by atoms with Gasteiger partial charge >= 0.3 is 0 Å². The molecule has 0 bridgehead atoms. The average Bonchev–Trinajstić information content (AvgIpc) is 2.87. The van der Waals surface area contributed by atoms with E-state index in [9.17, 15) is 13.5 Å². The fourth-order valence-corrected chi connectivity index (χ4v) is 3.99. The van der Waals surface area contributed by atoms with Crippen LogP contribution in [0.3, 0.4) is 0 Å². The van der Waals surface area contributed by atoms with E-state index in [0.717, 1.165) is 11.5 Å².